The maximum absolute atomic E-state index is 12.7. The predicted molar refractivity (Wildman–Crippen MR) is 97.8 cm³/mol. The number of carbonyl (C=O) groups is 3. The van der Waals surface area contributed by atoms with Crippen molar-refractivity contribution in [3.63, 3.8) is 0 Å². The van der Waals surface area contributed by atoms with Crippen molar-refractivity contribution in [1.82, 2.24) is 5.32 Å². The second-order valence-corrected chi connectivity index (χ2v) is 6.28. The first-order valence-electron chi connectivity index (χ1n) is 7.44. The Morgan fingerprint density at radius 2 is 1.92 bits per heavy atom. The highest BCUT2D eigenvalue weighted by Gasteiger charge is 2.36. The number of aromatic hydroxyl groups is 1. The molecule has 132 valence electrons. The van der Waals surface area contributed by atoms with Crippen molar-refractivity contribution in [3.8, 4) is 11.5 Å². The number of halogens is 1. The zero-order valence-electron chi connectivity index (χ0n) is 13.5. The van der Waals surface area contributed by atoms with Gasteiger partial charge in [-0.3, -0.25) is 14.9 Å². The van der Waals surface area contributed by atoms with Gasteiger partial charge in [0, 0.05) is 4.47 Å². The molecule has 3 rings (SSSR count). The van der Waals surface area contributed by atoms with Crippen molar-refractivity contribution in [3.05, 3.63) is 58.1 Å². The average Bonchev–Trinajstić information content (AvgIpc) is 2.58. The molecule has 0 atom stereocenters. The topological polar surface area (TPSA) is 95.9 Å². The summed E-state index contributed by atoms with van der Waals surface area (Å²) in [6.07, 6.45) is 1.30. The minimum atomic E-state index is -0.826. The van der Waals surface area contributed by atoms with Crippen molar-refractivity contribution in [2.45, 2.75) is 0 Å². The third kappa shape index (κ3) is 3.31. The van der Waals surface area contributed by atoms with E-state index in [9.17, 15) is 19.5 Å². The van der Waals surface area contributed by atoms with Crippen LogP contribution in [-0.4, -0.2) is 30.1 Å². The molecule has 0 bridgehead atoms. The molecule has 0 radical (unpaired) electrons. The molecular formula is C18H13BrN2O5. The molecule has 1 heterocycles. The van der Waals surface area contributed by atoms with Crippen molar-refractivity contribution < 1.29 is 24.2 Å². The summed E-state index contributed by atoms with van der Waals surface area (Å²) < 4.78 is 5.64. The van der Waals surface area contributed by atoms with Crippen LogP contribution in [0.5, 0.6) is 11.5 Å². The molecule has 1 saturated heterocycles. The first-order valence-corrected chi connectivity index (χ1v) is 8.24. The molecule has 0 aliphatic carbocycles. The van der Waals surface area contributed by atoms with Gasteiger partial charge in [-0.25, -0.2) is 9.69 Å². The fourth-order valence-electron chi connectivity index (χ4n) is 2.47. The highest BCUT2D eigenvalue weighted by Crippen LogP contribution is 2.28. The number of imide groups is 2. The molecule has 7 nitrogen and oxygen atoms in total. The number of hydrogen-bond acceptors (Lipinski definition) is 5. The Labute approximate surface area is 157 Å². The Morgan fingerprint density at radius 1 is 1.15 bits per heavy atom. The third-order valence-corrected chi connectivity index (χ3v) is 4.18. The minimum Gasteiger partial charge on any atom is -0.504 e. The van der Waals surface area contributed by atoms with Gasteiger partial charge in [0.2, 0.25) is 0 Å². The lowest BCUT2D eigenvalue weighted by Crippen LogP contribution is -2.54. The van der Waals surface area contributed by atoms with Gasteiger partial charge < -0.3 is 9.84 Å². The standard InChI is InChI=1S/C18H13BrN2O5/c1-26-15-6-5-10(8-14(15)22)7-13-16(23)20-18(25)21(17(13)24)12-4-2-3-11(19)9-12/h2-9,22H,1H3,(H,20,23,25)/b13-7-. The Balaban J connectivity index is 2.01. The molecule has 8 heteroatoms. The number of phenols is 1. The number of rotatable bonds is 3. The van der Waals surface area contributed by atoms with E-state index < -0.39 is 17.8 Å². The Morgan fingerprint density at radius 3 is 2.58 bits per heavy atom. The van der Waals surface area contributed by atoms with E-state index in [-0.39, 0.29) is 17.1 Å². The summed E-state index contributed by atoms with van der Waals surface area (Å²) in [6.45, 7) is 0. The predicted octanol–water partition coefficient (Wildman–Crippen LogP) is 2.83. The van der Waals surface area contributed by atoms with E-state index >= 15 is 0 Å². The van der Waals surface area contributed by atoms with Gasteiger partial charge in [0.15, 0.2) is 11.5 Å². The van der Waals surface area contributed by atoms with Crippen molar-refractivity contribution in [1.29, 1.82) is 0 Å². The lowest BCUT2D eigenvalue weighted by Gasteiger charge is -2.26. The van der Waals surface area contributed by atoms with E-state index in [1.54, 1.807) is 30.3 Å². The number of ether oxygens (including phenoxy) is 1. The molecule has 2 aromatic carbocycles. The lowest BCUT2D eigenvalue weighted by molar-refractivity contribution is -0.122. The van der Waals surface area contributed by atoms with Crippen LogP contribution in [0, 0.1) is 0 Å². The van der Waals surface area contributed by atoms with Gasteiger partial charge >= 0.3 is 6.03 Å². The van der Waals surface area contributed by atoms with Crippen molar-refractivity contribution >= 4 is 45.5 Å². The van der Waals surface area contributed by atoms with Crippen LogP contribution >= 0.6 is 15.9 Å². The van der Waals surface area contributed by atoms with Crippen LogP contribution in [0.15, 0.2) is 52.5 Å². The van der Waals surface area contributed by atoms with Gasteiger partial charge in [0.05, 0.1) is 12.8 Å². The zero-order chi connectivity index (χ0) is 18.8. The fourth-order valence-corrected chi connectivity index (χ4v) is 2.86. The molecular weight excluding hydrogens is 404 g/mol. The lowest BCUT2D eigenvalue weighted by atomic mass is 10.1. The Bertz CT molecular complexity index is 954. The van der Waals surface area contributed by atoms with Crippen LogP contribution in [0.2, 0.25) is 0 Å². The monoisotopic (exact) mass is 416 g/mol. The second-order valence-electron chi connectivity index (χ2n) is 5.37. The Hall–Kier alpha value is -3.13. The molecule has 1 aliphatic heterocycles. The third-order valence-electron chi connectivity index (χ3n) is 3.68. The molecule has 4 amide bonds. The number of benzene rings is 2. The Kier molecular flexibility index (Phi) is 4.77. The number of urea groups is 1. The summed E-state index contributed by atoms with van der Waals surface area (Å²) >= 11 is 3.28. The molecule has 2 N–H and O–H groups in total. The van der Waals surface area contributed by atoms with Crippen LogP contribution in [0.1, 0.15) is 5.56 Å². The van der Waals surface area contributed by atoms with Crippen molar-refractivity contribution in [2.75, 3.05) is 12.0 Å². The summed E-state index contributed by atoms with van der Waals surface area (Å²) in [6, 6.07) is 10.2. The number of anilines is 1. The maximum Gasteiger partial charge on any atom is 0.335 e. The first-order chi connectivity index (χ1) is 12.4. The van der Waals surface area contributed by atoms with Crippen LogP contribution < -0.4 is 15.0 Å². The summed E-state index contributed by atoms with van der Waals surface area (Å²) in [4.78, 5) is 37.9. The number of nitrogens with one attached hydrogen (secondary N) is 1. The van der Waals surface area contributed by atoms with E-state index in [4.69, 9.17) is 4.74 Å². The zero-order valence-corrected chi connectivity index (χ0v) is 15.1. The smallest absolute Gasteiger partial charge is 0.335 e. The minimum absolute atomic E-state index is 0.134. The SMILES string of the molecule is COc1ccc(/C=C2/C(=O)NC(=O)N(c3cccc(Br)c3)C2=O)cc1O. The summed E-state index contributed by atoms with van der Waals surface area (Å²) in [5.41, 5.74) is 0.498. The van der Waals surface area contributed by atoms with Gasteiger partial charge in [-0.15, -0.1) is 0 Å². The number of nitrogens with zero attached hydrogens (tertiary/aromatic N) is 1. The molecule has 0 unspecified atom stereocenters. The summed E-state index contributed by atoms with van der Waals surface area (Å²) in [5.74, 6) is -1.43. The van der Waals surface area contributed by atoms with Gasteiger partial charge in [0.1, 0.15) is 5.57 Å². The quantitative estimate of drug-likeness (QED) is 0.592. The summed E-state index contributed by atoms with van der Waals surface area (Å²) in [7, 11) is 1.41. The highest BCUT2D eigenvalue weighted by atomic mass is 79.9. The molecule has 0 saturated carbocycles. The number of amides is 4. The highest BCUT2D eigenvalue weighted by molar-refractivity contribution is 9.10. The largest absolute Gasteiger partial charge is 0.504 e. The molecule has 0 aromatic heterocycles. The second kappa shape index (κ2) is 7.01. The van der Waals surface area contributed by atoms with Crippen LogP contribution in [0.3, 0.4) is 0 Å². The number of phenolic OH excluding ortho intramolecular Hbond substituents is 1. The van der Waals surface area contributed by atoms with Crippen molar-refractivity contribution in [2.24, 2.45) is 0 Å². The van der Waals surface area contributed by atoms with E-state index in [1.807, 2.05) is 0 Å². The number of hydrogen-bond donors (Lipinski definition) is 2. The molecule has 1 fully saturated rings. The summed E-state index contributed by atoms with van der Waals surface area (Å²) in [5, 5.41) is 12.0. The molecule has 1 aliphatic rings. The average molecular weight is 417 g/mol. The number of carbonyl (C=O) groups excluding carboxylic acids is 3. The van der Waals surface area contributed by atoms with E-state index in [1.165, 1.54) is 25.3 Å². The van der Waals surface area contributed by atoms with Gasteiger partial charge in [0.25, 0.3) is 11.8 Å². The van der Waals surface area contributed by atoms with Crippen LogP contribution in [0.25, 0.3) is 6.08 Å². The van der Waals surface area contributed by atoms with E-state index in [0.29, 0.717) is 15.7 Å². The van der Waals surface area contributed by atoms with Crippen LogP contribution in [-0.2, 0) is 9.59 Å². The fraction of sp³-hybridized carbons (Fsp3) is 0.0556. The van der Waals surface area contributed by atoms with Crippen LogP contribution in [0.4, 0.5) is 10.5 Å². The normalized spacial score (nSPS) is 16.0. The molecule has 0 spiro atoms. The first kappa shape index (κ1) is 17.7. The molecule has 26 heavy (non-hydrogen) atoms. The molecule has 2 aromatic rings. The van der Waals surface area contributed by atoms with Gasteiger partial charge in [-0.2, -0.15) is 0 Å². The number of barbiturate groups is 1. The van der Waals surface area contributed by atoms with Gasteiger partial charge in [-0.05, 0) is 42.0 Å². The van der Waals surface area contributed by atoms with Gasteiger partial charge in [-0.1, -0.05) is 28.1 Å². The van der Waals surface area contributed by atoms with E-state index in [0.717, 1.165) is 4.90 Å². The maximum atomic E-state index is 12.7. The number of methoxy groups -OCH3 is 1. The van der Waals surface area contributed by atoms with E-state index in [2.05, 4.69) is 21.2 Å².